The lowest BCUT2D eigenvalue weighted by molar-refractivity contribution is 1.54. The number of benzene rings is 1. The van der Waals surface area contributed by atoms with E-state index in [0.717, 1.165) is 10.6 Å². The maximum absolute atomic E-state index is 7.51. The van der Waals surface area contributed by atoms with Crippen molar-refractivity contribution in [2.45, 2.75) is 0 Å². The summed E-state index contributed by atoms with van der Waals surface area (Å²) in [7, 11) is 0. The predicted octanol–water partition coefficient (Wildman–Crippen LogP) is 3.68. The molecule has 0 spiro atoms. The van der Waals surface area contributed by atoms with Crippen molar-refractivity contribution in [1.29, 1.82) is 5.26 Å². The zero-order valence-electron chi connectivity index (χ0n) is 7.20. The fourth-order valence-electron chi connectivity index (χ4n) is 0.641. The first-order chi connectivity index (χ1) is 6.26. The number of hydrogen-bond acceptors (Lipinski definition) is 1. The van der Waals surface area contributed by atoms with Crippen molar-refractivity contribution < 1.29 is 0 Å². The molecule has 1 aromatic carbocycles. The number of rotatable bonds is 1. The van der Waals surface area contributed by atoms with Crippen LogP contribution in [-0.2, 0) is 0 Å². The van der Waals surface area contributed by atoms with Crippen molar-refractivity contribution in [3.05, 3.63) is 54.1 Å². The van der Waals surface area contributed by atoms with E-state index in [9.17, 15) is 0 Å². The van der Waals surface area contributed by atoms with Gasteiger partial charge in [0.1, 0.15) is 0 Å². The first kappa shape index (κ1) is 11.5. The fraction of sp³-hybridized carbons (Fsp3) is 0. The summed E-state index contributed by atoms with van der Waals surface area (Å²) in [4.78, 5) is 0. The SMILES string of the molecule is C=CC#N.C=Cc1ccccc1Cl. The average molecular weight is 192 g/mol. The Balaban J connectivity index is 0.000000310. The van der Waals surface area contributed by atoms with Crippen molar-refractivity contribution in [2.75, 3.05) is 0 Å². The zero-order chi connectivity index (χ0) is 10.1. The van der Waals surface area contributed by atoms with Crippen LogP contribution in [0.25, 0.3) is 6.08 Å². The van der Waals surface area contributed by atoms with Crippen LogP contribution in [-0.4, -0.2) is 0 Å². The third-order valence-electron chi connectivity index (χ3n) is 1.22. The molecule has 2 heteroatoms. The zero-order valence-corrected chi connectivity index (χ0v) is 7.96. The van der Waals surface area contributed by atoms with Crippen molar-refractivity contribution in [2.24, 2.45) is 0 Å². The first-order valence-electron chi connectivity index (χ1n) is 3.63. The molecule has 0 saturated carbocycles. The molecule has 0 fully saturated rings. The summed E-state index contributed by atoms with van der Waals surface area (Å²) in [6.07, 6.45) is 2.92. The minimum absolute atomic E-state index is 0.757. The number of allylic oxidation sites excluding steroid dienone is 1. The second kappa shape index (κ2) is 7.15. The molecule has 0 heterocycles. The Bertz CT molecular complexity index is 323. The van der Waals surface area contributed by atoms with Gasteiger partial charge in [-0.25, -0.2) is 0 Å². The molecule has 1 nitrogen and oxygen atoms in total. The molecule has 0 saturated heterocycles. The lowest BCUT2D eigenvalue weighted by Gasteiger charge is -1.92. The van der Waals surface area contributed by atoms with Gasteiger partial charge in [-0.1, -0.05) is 49.0 Å². The van der Waals surface area contributed by atoms with Crippen LogP contribution >= 0.6 is 11.6 Å². The second-order valence-electron chi connectivity index (χ2n) is 2.06. The third-order valence-corrected chi connectivity index (χ3v) is 1.56. The van der Waals surface area contributed by atoms with Gasteiger partial charge in [0.05, 0.1) is 6.07 Å². The van der Waals surface area contributed by atoms with Crippen molar-refractivity contribution >= 4 is 17.7 Å². The monoisotopic (exact) mass is 191 g/mol. The summed E-state index contributed by atoms with van der Waals surface area (Å²) < 4.78 is 0. The highest BCUT2D eigenvalue weighted by atomic mass is 35.5. The van der Waals surface area contributed by atoms with Gasteiger partial charge in [-0.05, 0) is 11.6 Å². The van der Waals surface area contributed by atoms with Gasteiger partial charge in [-0.2, -0.15) is 5.26 Å². The van der Waals surface area contributed by atoms with E-state index in [0.29, 0.717) is 0 Å². The van der Waals surface area contributed by atoms with Crippen LogP contribution in [0.2, 0.25) is 5.02 Å². The Morgan fingerprint density at radius 1 is 1.31 bits per heavy atom. The first-order valence-corrected chi connectivity index (χ1v) is 4.01. The summed E-state index contributed by atoms with van der Waals surface area (Å²) in [6, 6.07) is 9.30. The van der Waals surface area contributed by atoms with Crippen LogP contribution in [0.1, 0.15) is 5.56 Å². The number of nitrogens with zero attached hydrogens (tertiary/aromatic N) is 1. The van der Waals surface area contributed by atoms with E-state index in [1.165, 1.54) is 6.08 Å². The summed E-state index contributed by atoms with van der Waals surface area (Å²) in [5, 5.41) is 8.26. The fourth-order valence-corrected chi connectivity index (χ4v) is 0.854. The van der Waals surface area contributed by atoms with Gasteiger partial charge in [-0.15, -0.1) is 0 Å². The minimum Gasteiger partial charge on any atom is -0.193 e. The van der Waals surface area contributed by atoms with Gasteiger partial charge in [-0.3, -0.25) is 0 Å². The van der Waals surface area contributed by atoms with Gasteiger partial charge in [0.25, 0.3) is 0 Å². The average Bonchev–Trinajstić information content (AvgIpc) is 2.19. The topological polar surface area (TPSA) is 23.8 Å². The van der Waals surface area contributed by atoms with Crippen molar-refractivity contribution in [3.63, 3.8) is 0 Å². The Hall–Kier alpha value is -1.52. The molecular formula is C11H10ClN. The number of nitriles is 1. The quantitative estimate of drug-likeness (QED) is 0.622. The molecule has 0 aliphatic rings. The molecule has 0 atom stereocenters. The summed E-state index contributed by atoms with van der Waals surface area (Å²) >= 11 is 5.75. The molecular weight excluding hydrogens is 182 g/mol. The summed E-state index contributed by atoms with van der Waals surface area (Å²) in [5.74, 6) is 0. The Labute approximate surface area is 83.6 Å². The Morgan fingerprint density at radius 3 is 2.15 bits per heavy atom. The maximum atomic E-state index is 7.51. The van der Waals surface area contributed by atoms with E-state index in [4.69, 9.17) is 16.9 Å². The molecule has 0 amide bonds. The van der Waals surface area contributed by atoms with E-state index in [1.807, 2.05) is 24.3 Å². The summed E-state index contributed by atoms with van der Waals surface area (Å²) in [6.45, 7) is 6.73. The Morgan fingerprint density at radius 2 is 1.85 bits per heavy atom. The normalized spacial score (nSPS) is 7.38. The van der Waals surface area contributed by atoms with E-state index in [1.54, 1.807) is 12.1 Å². The van der Waals surface area contributed by atoms with Gasteiger partial charge in [0.15, 0.2) is 0 Å². The minimum atomic E-state index is 0.757. The van der Waals surface area contributed by atoms with Crippen LogP contribution in [0.15, 0.2) is 43.5 Å². The molecule has 1 rings (SSSR count). The van der Waals surface area contributed by atoms with E-state index in [-0.39, 0.29) is 0 Å². The summed E-state index contributed by atoms with van der Waals surface area (Å²) in [5.41, 5.74) is 0.985. The van der Waals surface area contributed by atoms with Crippen LogP contribution in [0.3, 0.4) is 0 Å². The smallest absolute Gasteiger partial charge is 0.0905 e. The lowest BCUT2D eigenvalue weighted by atomic mass is 10.2. The van der Waals surface area contributed by atoms with Gasteiger partial charge < -0.3 is 0 Å². The lowest BCUT2D eigenvalue weighted by Crippen LogP contribution is -1.69. The van der Waals surface area contributed by atoms with Crippen LogP contribution in [0.4, 0.5) is 0 Å². The van der Waals surface area contributed by atoms with Crippen molar-refractivity contribution in [1.82, 2.24) is 0 Å². The van der Waals surface area contributed by atoms with Gasteiger partial charge >= 0.3 is 0 Å². The molecule has 0 aliphatic carbocycles. The van der Waals surface area contributed by atoms with Gasteiger partial charge in [0, 0.05) is 11.1 Å². The maximum Gasteiger partial charge on any atom is 0.0905 e. The van der Waals surface area contributed by atoms with Crippen LogP contribution in [0, 0.1) is 11.3 Å². The Kier molecular flexibility index (Phi) is 6.31. The highest BCUT2D eigenvalue weighted by molar-refractivity contribution is 6.32. The number of halogens is 1. The van der Waals surface area contributed by atoms with Gasteiger partial charge in [0.2, 0.25) is 0 Å². The molecule has 0 N–H and O–H groups in total. The van der Waals surface area contributed by atoms with Crippen LogP contribution < -0.4 is 0 Å². The van der Waals surface area contributed by atoms with E-state index < -0.39 is 0 Å². The third kappa shape index (κ3) is 4.84. The molecule has 0 unspecified atom stereocenters. The molecule has 0 aliphatic heterocycles. The van der Waals surface area contributed by atoms with E-state index in [2.05, 4.69) is 13.2 Å². The highest BCUT2D eigenvalue weighted by Crippen LogP contribution is 2.14. The van der Waals surface area contributed by atoms with Crippen LogP contribution in [0.5, 0.6) is 0 Å². The molecule has 13 heavy (non-hydrogen) atoms. The van der Waals surface area contributed by atoms with E-state index >= 15 is 0 Å². The largest absolute Gasteiger partial charge is 0.193 e. The molecule has 0 bridgehead atoms. The van der Waals surface area contributed by atoms with Crippen molar-refractivity contribution in [3.8, 4) is 6.07 Å². The standard InChI is InChI=1S/C8H7Cl.C3H3N/c1-2-7-5-3-4-6-8(7)9;1-2-3-4/h2-6H,1H2;2H,1H2. The second-order valence-corrected chi connectivity index (χ2v) is 2.47. The molecule has 0 aromatic heterocycles. The number of hydrogen-bond donors (Lipinski definition) is 0. The molecule has 0 radical (unpaired) electrons. The molecule has 66 valence electrons. The molecule has 1 aromatic rings. The highest BCUT2D eigenvalue weighted by Gasteiger charge is 1.89. The predicted molar refractivity (Wildman–Crippen MR) is 57.4 cm³/mol.